The molecular weight excluding hydrogens is 306 g/mol. The maximum Gasteiger partial charge on any atom is 0.272 e. The van der Waals surface area contributed by atoms with Gasteiger partial charge in [0.25, 0.3) is 5.91 Å². The quantitative estimate of drug-likeness (QED) is 0.636. The van der Waals surface area contributed by atoms with Crippen molar-refractivity contribution < 1.29 is 18.3 Å². The molecule has 0 fully saturated rings. The Kier molecular flexibility index (Phi) is 3.71. The number of aromatic hydroxyl groups is 1. The molecule has 7 nitrogen and oxygen atoms in total. The fourth-order valence-electron chi connectivity index (χ4n) is 1.48. The van der Waals surface area contributed by atoms with E-state index in [1.165, 1.54) is 12.3 Å². The number of benzene rings is 1. The van der Waals surface area contributed by atoms with Crippen molar-refractivity contribution in [1.29, 1.82) is 0 Å². The number of amides is 1. The van der Waals surface area contributed by atoms with E-state index in [0.29, 0.717) is 5.02 Å². The summed E-state index contributed by atoms with van der Waals surface area (Å²) in [5, 5.41) is 17.3. The zero-order chi connectivity index (χ0) is 14.9. The van der Waals surface area contributed by atoms with Crippen molar-refractivity contribution in [2.45, 2.75) is 4.90 Å². The molecule has 5 N–H and O–H groups in total. The minimum absolute atomic E-state index is 0.0766. The van der Waals surface area contributed by atoms with E-state index < -0.39 is 15.9 Å². The van der Waals surface area contributed by atoms with Crippen LogP contribution in [0.1, 0.15) is 10.5 Å². The average molecular weight is 316 g/mol. The summed E-state index contributed by atoms with van der Waals surface area (Å²) in [6, 6.07) is 4.70. The van der Waals surface area contributed by atoms with E-state index in [4.69, 9.17) is 16.7 Å². The Morgan fingerprint density at radius 1 is 1.35 bits per heavy atom. The zero-order valence-corrected chi connectivity index (χ0v) is 11.5. The normalized spacial score (nSPS) is 11.3. The largest absolute Gasteiger partial charge is 0.506 e. The number of nitrogens with one attached hydrogen (secondary N) is 2. The number of sulfonamides is 1. The number of phenols is 1. The lowest BCUT2D eigenvalue weighted by atomic mass is 10.3. The molecule has 2 rings (SSSR count). The first-order valence-corrected chi connectivity index (χ1v) is 7.21. The van der Waals surface area contributed by atoms with E-state index in [-0.39, 0.29) is 22.0 Å². The zero-order valence-electron chi connectivity index (χ0n) is 9.92. The van der Waals surface area contributed by atoms with Crippen LogP contribution >= 0.6 is 11.6 Å². The molecule has 0 spiro atoms. The Labute approximate surface area is 119 Å². The summed E-state index contributed by atoms with van der Waals surface area (Å²) in [5.74, 6) is -0.873. The van der Waals surface area contributed by atoms with Gasteiger partial charge in [-0.2, -0.15) is 0 Å². The van der Waals surface area contributed by atoms with Gasteiger partial charge in [-0.05, 0) is 24.3 Å². The molecule has 0 radical (unpaired) electrons. The van der Waals surface area contributed by atoms with Crippen molar-refractivity contribution in [3.63, 3.8) is 0 Å². The van der Waals surface area contributed by atoms with Crippen LogP contribution in [0.25, 0.3) is 0 Å². The molecule has 0 bridgehead atoms. The summed E-state index contributed by atoms with van der Waals surface area (Å²) in [4.78, 5) is 14.2. The summed E-state index contributed by atoms with van der Waals surface area (Å²) in [6.45, 7) is 0. The Balaban J connectivity index is 2.31. The number of H-pyrrole nitrogens is 1. The number of aromatic nitrogens is 1. The molecule has 1 heterocycles. The Morgan fingerprint density at radius 2 is 2.05 bits per heavy atom. The maximum absolute atomic E-state index is 11.8. The molecule has 1 amide bonds. The molecule has 9 heteroatoms. The number of primary sulfonamides is 1. The molecule has 1 aromatic heterocycles. The fraction of sp³-hybridized carbons (Fsp3) is 0. The van der Waals surface area contributed by atoms with Gasteiger partial charge in [0.1, 0.15) is 11.4 Å². The molecule has 2 aromatic rings. The number of carbonyl (C=O) groups excluding carboxylic acids is 1. The highest BCUT2D eigenvalue weighted by Gasteiger charge is 2.14. The highest BCUT2D eigenvalue weighted by Crippen LogP contribution is 2.26. The Bertz CT molecular complexity index is 770. The number of carbonyl (C=O) groups is 1. The van der Waals surface area contributed by atoms with E-state index in [9.17, 15) is 18.3 Å². The van der Waals surface area contributed by atoms with Crippen molar-refractivity contribution >= 4 is 33.2 Å². The van der Waals surface area contributed by atoms with Crippen LogP contribution in [0.5, 0.6) is 5.75 Å². The van der Waals surface area contributed by atoms with E-state index >= 15 is 0 Å². The third kappa shape index (κ3) is 3.10. The molecule has 0 aliphatic rings. The summed E-state index contributed by atoms with van der Waals surface area (Å²) in [7, 11) is -3.93. The van der Waals surface area contributed by atoms with Crippen LogP contribution in [0, 0.1) is 0 Å². The van der Waals surface area contributed by atoms with Gasteiger partial charge in [0, 0.05) is 6.20 Å². The minimum atomic E-state index is -3.93. The smallest absolute Gasteiger partial charge is 0.272 e. The number of phenolic OH excluding ortho intramolecular Hbond substituents is 1. The van der Waals surface area contributed by atoms with Crippen LogP contribution in [0.2, 0.25) is 5.02 Å². The monoisotopic (exact) mass is 315 g/mol. The van der Waals surface area contributed by atoms with Crippen LogP contribution in [0.15, 0.2) is 35.4 Å². The van der Waals surface area contributed by atoms with Crippen molar-refractivity contribution in [2.75, 3.05) is 5.32 Å². The lowest BCUT2D eigenvalue weighted by molar-refractivity contribution is 0.102. The van der Waals surface area contributed by atoms with Gasteiger partial charge < -0.3 is 15.4 Å². The summed E-state index contributed by atoms with van der Waals surface area (Å²) in [6.07, 6.45) is 1.41. The van der Waals surface area contributed by atoms with E-state index in [0.717, 1.165) is 18.2 Å². The molecule has 0 saturated carbocycles. The molecule has 0 saturated heterocycles. The summed E-state index contributed by atoms with van der Waals surface area (Å²) < 4.78 is 22.4. The number of nitrogens with two attached hydrogens (primary N) is 1. The molecule has 20 heavy (non-hydrogen) atoms. The Morgan fingerprint density at radius 3 is 2.60 bits per heavy atom. The highest BCUT2D eigenvalue weighted by atomic mass is 35.5. The molecule has 0 aliphatic carbocycles. The van der Waals surface area contributed by atoms with E-state index in [1.54, 1.807) is 0 Å². The topological polar surface area (TPSA) is 125 Å². The SMILES string of the molecule is NS(=O)(=O)c1ccc(O)c(NC(=O)c2cc(Cl)c[nH]2)c1. The third-order valence-corrected chi connectivity index (χ3v) is 3.57. The van der Waals surface area contributed by atoms with Gasteiger partial charge in [-0.15, -0.1) is 0 Å². The number of halogens is 1. The van der Waals surface area contributed by atoms with Gasteiger partial charge in [0.15, 0.2) is 0 Å². The third-order valence-electron chi connectivity index (χ3n) is 2.44. The Hall–Kier alpha value is -2.03. The molecule has 0 unspecified atom stereocenters. The van der Waals surface area contributed by atoms with Crippen molar-refractivity contribution in [1.82, 2.24) is 4.98 Å². The average Bonchev–Trinajstić information content (AvgIpc) is 2.77. The maximum atomic E-state index is 11.8. The predicted octanol–water partition coefficient (Wildman–Crippen LogP) is 1.27. The van der Waals surface area contributed by atoms with Crippen molar-refractivity contribution in [3.8, 4) is 5.75 Å². The second kappa shape index (κ2) is 5.16. The molecular formula is C11H10ClN3O4S. The van der Waals surface area contributed by atoms with Gasteiger partial charge in [-0.1, -0.05) is 11.6 Å². The van der Waals surface area contributed by atoms with Crippen molar-refractivity contribution in [2.24, 2.45) is 5.14 Å². The highest BCUT2D eigenvalue weighted by molar-refractivity contribution is 7.89. The van der Waals surface area contributed by atoms with Crippen LogP contribution in [-0.4, -0.2) is 24.4 Å². The first kappa shape index (κ1) is 14.4. The number of hydrogen-bond donors (Lipinski definition) is 4. The van der Waals surface area contributed by atoms with Crippen LogP contribution in [0.4, 0.5) is 5.69 Å². The van der Waals surface area contributed by atoms with Crippen LogP contribution in [0.3, 0.4) is 0 Å². The fourth-order valence-corrected chi connectivity index (χ4v) is 2.18. The second-order valence-electron chi connectivity index (χ2n) is 3.91. The standard InChI is InChI=1S/C11H10ClN3O4S/c12-6-3-9(14-5-6)11(17)15-8-4-7(20(13,18)19)1-2-10(8)16/h1-5,14,16H,(H,15,17)(H2,13,18,19). The lowest BCUT2D eigenvalue weighted by Crippen LogP contribution is -2.15. The second-order valence-corrected chi connectivity index (χ2v) is 5.91. The molecule has 0 aliphatic heterocycles. The van der Waals surface area contributed by atoms with Gasteiger partial charge in [0.2, 0.25) is 10.0 Å². The first-order valence-electron chi connectivity index (χ1n) is 5.28. The number of aromatic amines is 1. The van der Waals surface area contributed by atoms with Crippen LogP contribution < -0.4 is 10.5 Å². The van der Waals surface area contributed by atoms with Gasteiger partial charge in [-0.3, -0.25) is 4.79 Å². The van der Waals surface area contributed by atoms with Crippen molar-refractivity contribution in [3.05, 3.63) is 41.2 Å². The minimum Gasteiger partial charge on any atom is -0.506 e. The lowest BCUT2D eigenvalue weighted by Gasteiger charge is -2.08. The van der Waals surface area contributed by atoms with Gasteiger partial charge in [0.05, 0.1) is 15.6 Å². The predicted molar refractivity (Wildman–Crippen MR) is 73.2 cm³/mol. The first-order chi connectivity index (χ1) is 9.27. The molecule has 0 atom stereocenters. The van der Waals surface area contributed by atoms with E-state index in [2.05, 4.69) is 10.3 Å². The van der Waals surface area contributed by atoms with Crippen LogP contribution in [-0.2, 0) is 10.0 Å². The van der Waals surface area contributed by atoms with Gasteiger partial charge in [-0.25, -0.2) is 13.6 Å². The molecule has 1 aromatic carbocycles. The number of hydrogen-bond acceptors (Lipinski definition) is 4. The number of anilines is 1. The summed E-state index contributed by atoms with van der Waals surface area (Å²) in [5.41, 5.74) is 0.0858. The van der Waals surface area contributed by atoms with Gasteiger partial charge >= 0.3 is 0 Å². The van der Waals surface area contributed by atoms with E-state index in [1.807, 2.05) is 0 Å². The number of rotatable bonds is 3. The molecule has 106 valence electrons. The summed E-state index contributed by atoms with van der Waals surface area (Å²) >= 11 is 5.67.